The van der Waals surface area contributed by atoms with Gasteiger partial charge in [-0.25, -0.2) is 4.98 Å². The van der Waals surface area contributed by atoms with Gasteiger partial charge in [0.2, 0.25) is 0 Å². The Morgan fingerprint density at radius 1 is 0.632 bits per heavy atom. The standard InChI is InChI=1S/C18H15N/c1-14-12-13-17(15-8-4-2-5-9-15)19-18(14)16-10-6-3-7-11-16/h2-13H,1H3. The molecule has 0 fully saturated rings. The molecule has 3 aromatic rings. The second-order valence-corrected chi connectivity index (χ2v) is 4.59. The van der Waals surface area contributed by atoms with E-state index in [4.69, 9.17) is 4.98 Å². The lowest BCUT2D eigenvalue weighted by molar-refractivity contribution is 1.27. The lowest BCUT2D eigenvalue weighted by atomic mass is 10.0. The zero-order valence-electron chi connectivity index (χ0n) is 10.9. The van der Waals surface area contributed by atoms with Crippen molar-refractivity contribution < 1.29 is 0 Å². The monoisotopic (exact) mass is 245 g/mol. The highest BCUT2D eigenvalue weighted by atomic mass is 14.7. The number of benzene rings is 2. The van der Waals surface area contributed by atoms with Crippen LogP contribution in [-0.4, -0.2) is 4.98 Å². The lowest BCUT2D eigenvalue weighted by Gasteiger charge is -2.08. The van der Waals surface area contributed by atoms with Gasteiger partial charge in [-0.05, 0) is 18.6 Å². The number of rotatable bonds is 2. The van der Waals surface area contributed by atoms with Gasteiger partial charge in [0.25, 0.3) is 0 Å². The maximum atomic E-state index is 4.81. The highest BCUT2D eigenvalue weighted by molar-refractivity contribution is 5.68. The van der Waals surface area contributed by atoms with Crippen molar-refractivity contribution >= 4 is 0 Å². The fourth-order valence-electron chi connectivity index (χ4n) is 2.19. The highest BCUT2D eigenvalue weighted by Gasteiger charge is 2.06. The van der Waals surface area contributed by atoms with E-state index in [0.29, 0.717) is 0 Å². The summed E-state index contributed by atoms with van der Waals surface area (Å²) >= 11 is 0. The van der Waals surface area contributed by atoms with Crippen LogP contribution in [0.5, 0.6) is 0 Å². The predicted molar refractivity (Wildman–Crippen MR) is 79.8 cm³/mol. The molecule has 19 heavy (non-hydrogen) atoms. The molecule has 0 aliphatic heterocycles. The minimum absolute atomic E-state index is 1.02. The van der Waals surface area contributed by atoms with Crippen molar-refractivity contribution in [3.05, 3.63) is 78.4 Å². The molecule has 0 aliphatic carbocycles. The van der Waals surface area contributed by atoms with E-state index in [-0.39, 0.29) is 0 Å². The van der Waals surface area contributed by atoms with Gasteiger partial charge in [-0.15, -0.1) is 0 Å². The van der Waals surface area contributed by atoms with Crippen LogP contribution in [0.3, 0.4) is 0 Å². The molecule has 1 aromatic heterocycles. The van der Waals surface area contributed by atoms with Gasteiger partial charge in [0.1, 0.15) is 0 Å². The van der Waals surface area contributed by atoms with E-state index < -0.39 is 0 Å². The largest absolute Gasteiger partial charge is 0.248 e. The number of aryl methyl sites for hydroxylation is 1. The van der Waals surface area contributed by atoms with E-state index >= 15 is 0 Å². The van der Waals surface area contributed by atoms with Gasteiger partial charge < -0.3 is 0 Å². The first-order chi connectivity index (χ1) is 9.34. The van der Waals surface area contributed by atoms with Gasteiger partial charge in [-0.1, -0.05) is 66.7 Å². The topological polar surface area (TPSA) is 12.9 Å². The normalized spacial score (nSPS) is 10.4. The molecule has 0 bridgehead atoms. The molecule has 2 aromatic carbocycles. The van der Waals surface area contributed by atoms with Crippen molar-refractivity contribution in [3.8, 4) is 22.5 Å². The summed E-state index contributed by atoms with van der Waals surface area (Å²) in [6.45, 7) is 2.10. The molecule has 0 atom stereocenters. The molecule has 3 rings (SSSR count). The Morgan fingerprint density at radius 2 is 1.21 bits per heavy atom. The van der Waals surface area contributed by atoms with E-state index in [0.717, 1.165) is 22.5 Å². The van der Waals surface area contributed by atoms with Crippen molar-refractivity contribution in [3.63, 3.8) is 0 Å². The van der Waals surface area contributed by atoms with Crippen LogP contribution >= 0.6 is 0 Å². The van der Waals surface area contributed by atoms with Crippen LogP contribution in [-0.2, 0) is 0 Å². The van der Waals surface area contributed by atoms with E-state index in [1.54, 1.807) is 0 Å². The summed E-state index contributed by atoms with van der Waals surface area (Å²) in [5.74, 6) is 0. The average Bonchev–Trinajstić information content (AvgIpc) is 2.49. The molecule has 0 saturated heterocycles. The molecule has 1 heteroatoms. The Bertz CT molecular complexity index is 673. The van der Waals surface area contributed by atoms with Crippen molar-refractivity contribution in [2.45, 2.75) is 6.92 Å². The summed E-state index contributed by atoms with van der Waals surface area (Å²) in [7, 11) is 0. The van der Waals surface area contributed by atoms with E-state index in [9.17, 15) is 0 Å². The maximum absolute atomic E-state index is 4.81. The molecule has 1 nitrogen and oxygen atoms in total. The van der Waals surface area contributed by atoms with E-state index in [1.807, 2.05) is 36.4 Å². The third kappa shape index (κ3) is 2.41. The lowest BCUT2D eigenvalue weighted by Crippen LogP contribution is -1.91. The van der Waals surface area contributed by atoms with E-state index in [1.165, 1.54) is 5.56 Å². The van der Waals surface area contributed by atoms with Crippen LogP contribution in [0.1, 0.15) is 5.56 Å². The Hall–Kier alpha value is -2.41. The molecule has 0 N–H and O–H groups in total. The first-order valence-electron chi connectivity index (χ1n) is 6.43. The Balaban J connectivity index is 2.12. The maximum Gasteiger partial charge on any atom is 0.0738 e. The summed E-state index contributed by atoms with van der Waals surface area (Å²) in [6.07, 6.45) is 0. The molecule has 0 aliphatic rings. The summed E-state index contributed by atoms with van der Waals surface area (Å²) in [5, 5.41) is 0. The minimum atomic E-state index is 1.02. The summed E-state index contributed by atoms with van der Waals surface area (Å²) in [6, 6.07) is 24.8. The van der Waals surface area contributed by atoms with Crippen LogP contribution in [0.4, 0.5) is 0 Å². The summed E-state index contributed by atoms with van der Waals surface area (Å²) in [4.78, 5) is 4.81. The van der Waals surface area contributed by atoms with Crippen LogP contribution in [0.15, 0.2) is 72.8 Å². The second-order valence-electron chi connectivity index (χ2n) is 4.59. The van der Waals surface area contributed by atoms with Crippen molar-refractivity contribution in [1.82, 2.24) is 4.98 Å². The first kappa shape index (κ1) is 11.7. The van der Waals surface area contributed by atoms with Crippen molar-refractivity contribution in [2.24, 2.45) is 0 Å². The molecular weight excluding hydrogens is 230 g/mol. The van der Waals surface area contributed by atoms with Gasteiger partial charge in [0, 0.05) is 11.1 Å². The minimum Gasteiger partial charge on any atom is -0.248 e. The quantitative estimate of drug-likeness (QED) is 0.636. The van der Waals surface area contributed by atoms with Crippen molar-refractivity contribution in [2.75, 3.05) is 0 Å². The molecule has 0 saturated carbocycles. The third-order valence-corrected chi connectivity index (χ3v) is 3.21. The van der Waals surface area contributed by atoms with Crippen LogP contribution in [0.2, 0.25) is 0 Å². The number of nitrogens with zero attached hydrogens (tertiary/aromatic N) is 1. The molecule has 1 heterocycles. The smallest absolute Gasteiger partial charge is 0.0738 e. The van der Waals surface area contributed by atoms with E-state index in [2.05, 4.69) is 43.3 Å². The van der Waals surface area contributed by atoms with Crippen molar-refractivity contribution in [1.29, 1.82) is 0 Å². The SMILES string of the molecule is Cc1ccc(-c2ccccc2)nc1-c1ccccc1. The number of pyridine rings is 1. The third-order valence-electron chi connectivity index (χ3n) is 3.21. The Kier molecular flexibility index (Phi) is 3.11. The highest BCUT2D eigenvalue weighted by Crippen LogP contribution is 2.25. The molecule has 0 amide bonds. The number of hydrogen-bond donors (Lipinski definition) is 0. The molecule has 0 unspecified atom stereocenters. The Morgan fingerprint density at radius 3 is 1.84 bits per heavy atom. The zero-order chi connectivity index (χ0) is 13.1. The van der Waals surface area contributed by atoms with Gasteiger partial charge in [-0.2, -0.15) is 0 Å². The average molecular weight is 245 g/mol. The van der Waals surface area contributed by atoms with Gasteiger partial charge >= 0.3 is 0 Å². The van der Waals surface area contributed by atoms with Crippen LogP contribution < -0.4 is 0 Å². The van der Waals surface area contributed by atoms with Gasteiger partial charge in [0.05, 0.1) is 11.4 Å². The fourth-order valence-corrected chi connectivity index (χ4v) is 2.19. The van der Waals surface area contributed by atoms with Crippen LogP contribution in [0, 0.1) is 6.92 Å². The second kappa shape index (κ2) is 5.07. The van der Waals surface area contributed by atoms with Gasteiger partial charge in [0.15, 0.2) is 0 Å². The zero-order valence-corrected chi connectivity index (χ0v) is 10.9. The fraction of sp³-hybridized carbons (Fsp3) is 0.0556. The molecule has 92 valence electrons. The molecule has 0 radical (unpaired) electrons. The van der Waals surface area contributed by atoms with Gasteiger partial charge in [-0.3, -0.25) is 0 Å². The number of hydrogen-bond acceptors (Lipinski definition) is 1. The predicted octanol–water partition coefficient (Wildman–Crippen LogP) is 4.72. The molecule has 0 spiro atoms. The number of aromatic nitrogens is 1. The molecular formula is C18H15N. The van der Waals surface area contributed by atoms with Crippen LogP contribution in [0.25, 0.3) is 22.5 Å². The Labute approximate surface area is 113 Å². The summed E-state index contributed by atoms with van der Waals surface area (Å²) < 4.78 is 0. The summed E-state index contributed by atoms with van der Waals surface area (Å²) in [5.41, 5.74) is 5.59. The first-order valence-corrected chi connectivity index (χ1v) is 6.43.